The topological polar surface area (TPSA) is 35.8 Å². The molecule has 154 valence electrons. The number of hydrogen-bond donors (Lipinski definition) is 0. The highest BCUT2D eigenvalue weighted by Crippen LogP contribution is 2.36. The molecule has 1 heterocycles. The Balaban J connectivity index is 2.27. The van der Waals surface area contributed by atoms with Gasteiger partial charge in [-0.2, -0.15) is 0 Å². The molecule has 1 aromatic heterocycles. The van der Waals surface area contributed by atoms with Crippen molar-refractivity contribution in [1.29, 1.82) is 0 Å². The van der Waals surface area contributed by atoms with Crippen molar-refractivity contribution in [2.24, 2.45) is 4.99 Å². The highest BCUT2D eigenvalue weighted by Gasteiger charge is 2.19. The standard InChI is InChI=1S/C22H24F2N2O2S/c1-5-15(6-2)26-20(17-12-16(27-3)8-10-21(17)28-4)13-29-22(26)25-19-9-7-14(23)11-18(19)24/h7-13,15H,5-6H2,1-4H3. The summed E-state index contributed by atoms with van der Waals surface area (Å²) in [5.74, 6) is 0.117. The van der Waals surface area contributed by atoms with Gasteiger partial charge in [0.2, 0.25) is 0 Å². The quantitative estimate of drug-likeness (QED) is 0.464. The van der Waals surface area contributed by atoms with Crippen LogP contribution in [0.15, 0.2) is 46.8 Å². The van der Waals surface area contributed by atoms with Crippen LogP contribution in [0.3, 0.4) is 0 Å². The van der Waals surface area contributed by atoms with Crippen LogP contribution < -0.4 is 14.3 Å². The summed E-state index contributed by atoms with van der Waals surface area (Å²) in [5, 5.41) is 1.98. The maximum atomic E-state index is 14.2. The predicted molar refractivity (Wildman–Crippen MR) is 112 cm³/mol. The van der Waals surface area contributed by atoms with Gasteiger partial charge in [-0.3, -0.25) is 0 Å². The molecule has 4 nitrogen and oxygen atoms in total. The zero-order valence-electron chi connectivity index (χ0n) is 16.9. The van der Waals surface area contributed by atoms with Gasteiger partial charge in [0, 0.05) is 23.1 Å². The zero-order chi connectivity index (χ0) is 21.0. The number of benzene rings is 2. The van der Waals surface area contributed by atoms with Crippen LogP contribution in [0.4, 0.5) is 14.5 Å². The highest BCUT2D eigenvalue weighted by atomic mass is 32.1. The van der Waals surface area contributed by atoms with Gasteiger partial charge < -0.3 is 14.0 Å². The summed E-state index contributed by atoms with van der Waals surface area (Å²) >= 11 is 1.41. The largest absolute Gasteiger partial charge is 0.497 e. The molecule has 0 fully saturated rings. The molecule has 0 unspecified atom stereocenters. The summed E-state index contributed by atoms with van der Waals surface area (Å²) in [5.41, 5.74) is 1.90. The van der Waals surface area contributed by atoms with Crippen molar-refractivity contribution >= 4 is 17.0 Å². The van der Waals surface area contributed by atoms with Gasteiger partial charge in [0.05, 0.1) is 19.9 Å². The van der Waals surface area contributed by atoms with Gasteiger partial charge in [-0.1, -0.05) is 13.8 Å². The Labute approximate surface area is 173 Å². The van der Waals surface area contributed by atoms with E-state index < -0.39 is 11.6 Å². The molecule has 29 heavy (non-hydrogen) atoms. The number of ether oxygens (including phenoxy) is 2. The Hall–Kier alpha value is -2.67. The summed E-state index contributed by atoms with van der Waals surface area (Å²) in [7, 11) is 3.24. The number of aromatic nitrogens is 1. The first kappa shape index (κ1) is 21.0. The SMILES string of the molecule is CCC(CC)n1c(-c2cc(OC)ccc2OC)csc1=Nc1ccc(F)cc1F. The molecule has 0 bridgehead atoms. The van der Waals surface area contributed by atoms with Gasteiger partial charge in [-0.05, 0) is 43.2 Å². The Kier molecular flexibility index (Phi) is 6.69. The van der Waals surface area contributed by atoms with Crippen LogP contribution in [0.2, 0.25) is 0 Å². The molecule has 0 radical (unpaired) electrons. The van der Waals surface area contributed by atoms with Crippen molar-refractivity contribution < 1.29 is 18.3 Å². The maximum Gasteiger partial charge on any atom is 0.190 e. The summed E-state index contributed by atoms with van der Waals surface area (Å²) < 4.78 is 40.5. The third-order valence-corrected chi connectivity index (χ3v) is 5.70. The second-order valence-corrected chi connectivity index (χ2v) is 7.35. The summed E-state index contributed by atoms with van der Waals surface area (Å²) in [6, 6.07) is 9.20. The van der Waals surface area contributed by atoms with Crippen molar-refractivity contribution in [2.45, 2.75) is 32.7 Å². The maximum absolute atomic E-state index is 14.2. The molecule has 0 N–H and O–H groups in total. The van der Waals surface area contributed by atoms with Gasteiger partial charge in [-0.25, -0.2) is 13.8 Å². The second kappa shape index (κ2) is 9.22. The van der Waals surface area contributed by atoms with Crippen LogP contribution in [-0.4, -0.2) is 18.8 Å². The molecule has 2 aromatic carbocycles. The lowest BCUT2D eigenvalue weighted by Gasteiger charge is -2.20. The van der Waals surface area contributed by atoms with E-state index in [1.807, 2.05) is 23.6 Å². The third kappa shape index (κ3) is 4.34. The molecule has 0 aliphatic carbocycles. The molecule has 3 rings (SSSR count). The average molecular weight is 419 g/mol. The van der Waals surface area contributed by atoms with Crippen LogP contribution in [-0.2, 0) is 0 Å². The average Bonchev–Trinajstić information content (AvgIpc) is 3.14. The molecule has 0 amide bonds. The van der Waals surface area contributed by atoms with Gasteiger partial charge in [0.25, 0.3) is 0 Å². The molecular weight excluding hydrogens is 394 g/mol. The van der Waals surface area contributed by atoms with Gasteiger partial charge in [-0.15, -0.1) is 11.3 Å². The number of thiazole rings is 1. The van der Waals surface area contributed by atoms with E-state index in [2.05, 4.69) is 23.4 Å². The fraction of sp³-hybridized carbons (Fsp3) is 0.318. The smallest absolute Gasteiger partial charge is 0.190 e. The molecule has 0 aliphatic heterocycles. The number of hydrogen-bond acceptors (Lipinski definition) is 4. The van der Waals surface area contributed by atoms with E-state index in [1.54, 1.807) is 14.2 Å². The van der Waals surface area contributed by atoms with E-state index >= 15 is 0 Å². The highest BCUT2D eigenvalue weighted by molar-refractivity contribution is 7.07. The lowest BCUT2D eigenvalue weighted by atomic mass is 10.1. The summed E-state index contributed by atoms with van der Waals surface area (Å²) in [6.07, 6.45) is 1.76. The van der Waals surface area contributed by atoms with Gasteiger partial charge >= 0.3 is 0 Å². The minimum atomic E-state index is -0.685. The van der Waals surface area contributed by atoms with E-state index in [0.29, 0.717) is 16.3 Å². The minimum Gasteiger partial charge on any atom is -0.497 e. The number of methoxy groups -OCH3 is 2. The minimum absolute atomic E-state index is 0.108. The van der Waals surface area contributed by atoms with Crippen molar-refractivity contribution in [3.8, 4) is 22.8 Å². The Bertz CT molecular complexity index is 1060. The predicted octanol–water partition coefficient (Wildman–Crippen LogP) is 6.11. The first-order valence-electron chi connectivity index (χ1n) is 9.44. The van der Waals surface area contributed by atoms with Crippen LogP contribution in [0.25, 0.3) is 11.3 Å². The van der Waals surface area contributed by atoms with Crippen molar-refractivity contribution in [1.82, 2.24) is 4.57 Å². The summed E-state index contributed by atoms with van der Waals surface area (Å²) in [6.45, 7) is 4.21. The van der Waals surface area contributed by atoms with Gasteiger partial charge in [0.15, 0.2) is 10.6 Å². The number of nitrogens with zero attached hydrogens (tertiary/aromatic N) is 2. The molecule has 3 aromatic rings. The normalized spacial score (nSPS) is 11.9. The molecule has 0 atom stereocenters. The molecular formula is C22H24F2N2O2S. The molecule has 0 saturated carbocycles. The fourth-order valence-corrected chi connectivity index (χ4v) is 4.26. The van der Waals surface area contributed by atoms with E-state index in [1.165, 1.54) is 23.5 Å². The molecule has 0 saturated heterocycles. The van der Waals surface area contributed by atoms with E-state index in [0.717, 1.165) is 30.2 Å². The molecule has 7 heteroatoms. The number of halogens is 2. The van der Waals surface area contributed by atoms with Crippen molar-refractivity contribution in [3.63, 3.8) is 0 Å². The van der Waals surface area contributed by atoms with E-state index in [4.69, 9.17) is 9.47 Å². The van der Waals surface area contributed by atoms with Crippen LogP contribution >= 0.6 is 11.3 Å². The van der Waals surface area contributed by atoms with E-state index in [-0.39, 0.29) is 11.7 Å². The first-order valence-corrected chi connectivity index (χ1v) is 10.3. The van der Waals surface area contributed by atoms with Crippen LogP contribution in [0, 0.1) is 11.6 Å². The Morgan fingerprint density at radius 3 is 2.41 bits per heavy atom. The van der Waals surface area contributed by atoms with Crippen molar-refractivity contribution in [2.75, 3.05) is 14.2 Å². The van der Waals surface area contributed by atoms with Gasteiger partial charge in [0.1, 0.15) is 23.0 Å². The summed E-state index contributed by atoms with van der Waals surface area (Å²) in [4.78, 5) is 5.15. The van der Waals surface area contributed by atoms with E-state index in [9.17, 15) is 8.78 Å². The second-order valence-electron chi connectivity index (χ2n) is 6.52. The Morgan fingerprint density at radius 1 is 1.03 bits per heavy atom. The lowest BCUT2D eigenvalue weighted by Crippen LogP contribution is -2.21. The molecule has 0 aliphatic rings. The zero-order valence-corrected chi connectivity index (χ0v) is 17.7. The monoisotopic (exact) mass is 418 g/mol. The first-order chi connectivity index (χ1) is 14.0. The Morgan fingerprint density at radius 2 is 1.79 bits per heavy atom. The number of rotatable bonds is 7. The molecule has 0 spiro atoms. The van der Waals surface area contributed by atoms with Crippen molar-refractivity contribution in [3.05, 3.63) is 58.2 Å². The third-order valence-electron chi connectivity index (χ3n) is 4.86. The van der Waals surface area contributed by atoms with Crippen LogP contribution in [0.1, 0.15) is 32.7 Å². The lowest BCUT2D eigenvalue weighted by molar-refractivity contribution is 0.403. The van der Waals surface area contributed by atoms with Crippen LogP contribution in [0.5, 0.6) is 11.5 Å². The fourth-order valence-electron chi connectivity index (χ4n) is 3.29.